The normalized spacial score (nSPS) is 16.8. The number of rotatable bonds is 1. The predicted molar refractivity (Wildman–Crippen MR) is 52.4 cm³/mol. The van der Waals surface area contributed by atoms with Gasteiger partial charge in [-0.25, -0.2) is 8.60 Å². The fourth-order valence-corrected chi connectivity index (χ4v) is 1.98. The molecule has 1 aromatic rings. The van der Waals surface area contributed by atoms with Gasteiger partial charge in [0.15, 0.2) is 11.1 Å². The Morgan fingerprint density at radius 3 is 2.80 bits per heavy atom. The van der Waals surface area contributed by atoms with Crippen LogP contribution in [0.15, 0.2) is 17.0 Å². The molecule has 1 atom stereocenters. The summed E-state index contributed by atoms with van der Waals surface area (Å²) in [4.78, 5) is 10.8. The molecular weight excluding hydrogens is 221 g/mol. The van der Waals surface area contributed by atoms with Crippen molar-refractivity contribution >= 4 is 22.7 Å². The summed E-state index contributed by atoms with van der Waals surface area (Å²) in [7, 11) is 0. The number of aryl methyl sites for hydroxylation is 1. The van der Waals surface area contributed by atoms with E-state index in [2.05, 4.69) is 5.32 Å². The minimum atomic E-state index is -2.34. The van der Waals surface area contributed by atoms with Crippen LogP contribution in [0.3, 0.4) is 0 Å². The predicted octanol–water partition coefficient (Wildman–Crippen LogP) is 1.29. The average molecular weight is 229 g/mol. The van der Waals surface area contributed by atoms with Gasteiger partial charge in [0.25, 0.3) is 0 Å². The van der Waals surface area contributed by atoms with E-state index in [1.54, 1.807) is 0 Å². The Balaban J connectivity index is 2.50. The van der Waals surface area contributed by atoms with Crippen molar-refractivity contribution in [1.29, 1.82) is 0 Å². The maximum atomic E-state index is 13.3. The average Bonchev–Trinajstić information content (AvgIpc) is 2.15. The molecule has 0 radical (unpaired) electrons. The van der Waals surface area contributed by atoms with E-state index in [0.29, 0.717) is 24.1 Å². The van der Waals surface area contributed by atoms with Gasteiger partial charge in [-0.05, 0) is 24.1 Å². The Morgan fingerprint density at radius 1 is 1.40 bits per heavy atom. The van der Waals surface area contributed by atoms with Crippen LogP contribution in [0, 0.1) is 5.82 Å². The van der Waals surface area contributed by atoms with E-state index in [-0.39, 0.29) is 10.8 Å². The maximum absolute atomic E-state index is 13.3. The number of fused-ring (bicyclic) bond motifs is 1. The highest BCUT2D eigenvalue weighted by Crippen LogP contribution is 2.26. The first-order chi connectivity index (χ1) is 7.08. The van der Waals surface area contributed by atoms with Gasteiger partial charge in [-0.2, -0.15) is 0 Å². The molecule has 1 aliphatic rings. The second kappa shape index (κ2) is 3.71. The Kier molecular flexibility index (Phi) is 2.54. The van der Waals surface area contributed by atoms with Crippen LogP contribution < -0.4 is 5.32 Å². The van der Waals surface area contributed by atoms with Gasteiger partial charge in [-0.15, -0.1) is 0 Å². The first kappa shape index (κ1) is 10.3. The van der Waals surface area contributed by atoms with Gasteiger partial charge in [-0.1, -0.05) is 0 Å². The van der Waals surface area contributed by atoms with Crippen molar-refractivity contribution < 1.29 is 17.9 Å². The summed E-state index contributed by atoms with van der Waals surface area (Å²) in [6.07, 6.45) is 0.780. The van der Waals surface area contributed by atoms with Crippen LogP contribution in [0.5, 0.6) is 0 Å². The molecule has 0 fully saturated rings. The second-order valence-corrected chi connectivity index (χ2v) is 4.18. The lowest BCUT2D eigenvalue weighted by atomic mass is 10.0. The van der Waals surface area contributed by atoms with E-state index in [1.165, 1.54) is 6.07 Å². The van der Waals surface area contributed by atoms with Crippen molar-refractivity contribution in [2.75, 3.05) is 5.32 Å². The number of hydrogen-bond donors (Lipinski definition) is 2. The summed E-state index contributed by atoms with van der Waals surface area (Å²) in [5.41, 5.74) is 1.08. The van der Waals surface area contributed by atoms with Crippen molar-refractivity contribution in [3.05, 3.63) is 23.5 Å². The molecule has 0 aromatic heterocycles. The third-order valence-electron chi connectivity index (χ3n) is 2.24. The third kappa shape index (κ3) is 1.91. The standard InChI is InChI=1S/C9H8FNO3S/c10-6-4-7-5(1-2-9(12)11-7)3-8(6)15(13)14/h3-4H,1-2H2,(H,11,12)(H,13,14). The minimum absolute atomic E-state index is 0.167. The van der Waals surface area contributed by atoms with Crippen molar-refractivity contribution in [2.24, 2.45) is 0 Å². The van der Waals surface area contributed by atoms with E-state index >= 15 is 0 Å². The molecule has 80 valence electrons. The number of amides is 1. The van der Waals surface area contributed by atoms with E-state index in [1.807, 2.05) is 0 Å². The van der Waals surface area contributed by atoms with Crippen LogP contribution in [-0.2, 0) is 22.3 Å². The Bertz CT molecular complexity index is 461. The molecule has 0 saturated heterocycles. The lowest BCUT2D eigenvalue weighted by molar-refractivity contribution is -0.116. The summed E-state index contributed by atoms with van der Waals surface area (Å²) >= 11 is -2.34. The maximum Gasteiger partial charge on any atom is 0.224 e. The smallest absolute Gasteiger partial charge is 0.224 e. The number of benzene rings is 1. The summed E-state index contributed by atoms with van der Waals surface area (Å²) in [5, 5.41) is 2.51. The first-order valence-corrected chi connectivity index (χ1v) is 5.42. The quantitative estimate of drug-likeness (QED) is 0.713. The van der Waals surface area contributed by atoms with Crippen LogP contribution in [-0.4, -0.2) is 14.7 Å². The minimum Gasteiger partial charge on any atom is -0.326 e. The molecule has 4 nitrogen and oxygen atoms in total. The van der Waals surface area contributed by atoms with Crippen LogP contribution in [0.1, 0.15) is 12.0 Å². The number of carbonyl (C=O) groups excluding carboxylic acids is 1. The van der Waals surface area contributed by atoms with Gasteiger partial charge in [0.1, 0.15) is 10.7 Å². The molecule has 0 bridgehead atoms. The SMILES string of the molecule is O=C1CCc2cc(S(=O)O)c(F)cc2N1. The van der Waals surface area contributed by atoms with Gasteiger partial charge in [0.05, 0.1) is 0 Å². The van der Waals surface area contributed by atoms with E-state index in [9.17, 15) is 13.4 Å². The summed E-state index contributed by atoms with van der Waals surface area (Å²) in [6, 6.07) is 2.40. The zero-order valence-corrected chi connectivity index (χ0v) is 8.44. The lowest BCUT2D eigenvalue weighted by Gasteiger charge is -2.17. The highest BCUT2D eigenvalue weighted by atomic mass is 32.2. The molecule has 0 saturated carbocycles. The fraction of sp³-hybridized carbons (Fsp3) is 0.222. The molecule has 1 heterocycles. The monoisotopic (exact) mass is 229 g/mol. The molecular formula is C9H8FNO3S. The van der Waals surface area contributed by atoms with Crippen LogP contribution in [0.4, 0.5) is 10.1 Å². The number of nitrogens with one attached hydrogen (secondary N) is 1. The van der Waals surface area contributed by atoms with E-state index in [4.69, 9.17) is 4.55 Å². The lowest BCUT2D eigenvalue weighted by Crippen LogP contribution is -2.19. The highest BCUT2D eigenvalue weighted by molar-refractivity contribution is 7.79. The Hall–Kier alpha value is -1.27. The summed E-state index contributed by atoms with van der Waals surface area (Å²) < 4.78 is 32.8. The Labute approximate surface area is 87.8 Å². The number of anilines is 1. The molecule has 1 unspecified atom stereocenters. The molecule has 2 N–H and O–H groups in total. The topological polar surface area (TPSA) is 66.4 Å². The van der Waals surface area contributed by atoms with E-state index in [0.717, 1.165) is 6.07 Å². The zero-order valence-electron chi connectivity index (χ0n) is 7.62. The number of carbonyl (C=O) groups is 1. The highest BCUT2D eigenvalue weighted by Gasteiger charge is 2.19. The van der Waals surface area contributed by atoms with Crippen LogP contribution in [0.25, 0.3) is 0 Å². The molecule has 1 aliphatic heterocycles. The summed E-state index contributed by atoms with van der Waals surface area (Å²) in [5.74, 6) is -0.948. The van der Waals surface area contributed by atoms with Gasteiger partial charge < -0.3 is 9.87 Å². The molecule has 0 aliphatic carbocycles. The first-order valence-electron chi connectivity index (χ1n) is 4.31. The molecule has 1 aromatic carbocycles. The summed E-state index contributed by atoms with van der Waals surface area (Å²) in [6.45, 7) is 0. The van der Waals surface area contributed by atoms with Crippen molar-refractivity contribution in [1.82, 2.24) is 0 Å². The molecule has 1 amide bonds. The van der Waals surface area contributed by atoms with Gasteiger partial charge in [-0.3, -0.25) is 4.79 Å². The largest absolute Gasteiger partial charge is 0.326 e. The van der Waals surface area contributed by atoms with Crippen molar-refractivity contribution in [3.8, 4) is 0 Å². The van der Waals surface area contributed by atoms with Gasteiger partial charge >= 0.3 is 0 Å². The Morgan fingerprint density at radius 2 is 2.13 bits per heavy atom. The molecule has 6 heteroatoms. The molecule has 0 spiro atoms. The molecule has 15 heavy (non-hydrogen) atoms. The number of halogens is 1. The van der Waals surface area contributed by atoms with Crippen molar-refractivity contribution in [2.45, 2.75) is 17.7 Å². The van der Waals surface area contributed by atoms with Crippen LogP contribution >= 0.6 is 0 Å². The molecule has 2 rings (SSSR count). The van der Waals surface area contributed by atoms with Gasteiger partial charge in [0.2, 0.25) is 5.91 Å². The fourth-order valence-electron chi connectivity index (χ4n) is 1.51. The van der Waals surface area contributed by atoms with Crippen LogP contribution in [0.2, 0.25) is 0 Å². The third-order valence-corrected chi connectivity index (χ3v) is 2.93. The zero-order chi connectivity index (χ0) is 11.0. The number of hydrogen-bond acceptors (Lipinski definition) is 2. The van der Waals surface area contributed by atoms with E-state index < -0.39 is 16.9 Å². The second-order valence-electron chi connectivity index (χ2n) is 3.24. The van der Waals surface area contributed by atoms with Gasteiger partial charge in [0, 0.05) is 12.1 Å². The van der Waals surface area contributed by atoms with Crippen molar-refractivity contribution in [3.63, 3.8) is 0 Å².